The molecule has 220 valence electrons. The molecule has 0 radical (unpaired) electrons. The van der Waals surface area contributed by atoms with Gasteiger partial charge in [0.05, 0.1) is 11.9 Å². The molecule has 2 amide bonds. The Balaban J connectivity index is 1.80. The van der Waals surface area contributed by atoms with Crippen molar-refractivity contribution in [1.82, 2.24) is 10.2 Å². The summed E-state index contributed by atoms with van der Waals surface area (Å²) in [7, 11) is -3.66. The molecule has 1 heterocycles. The predicted molar refractivity (Wildman–Crippen MR) is 158 cm³/mol. The van der Waals surface area contributed by atoms with Gasteiger partial charge in [0.1, 0.15) is 19.3 Å². The standard InChI is InChI=1S/C28H37Cl2N3O6S/c1-5-24(28(35)31-17-19(2)3)32(18-21-22(29)8-6-9-23(21)30)27(34)10-7-13-33(40(4,36)37)20-11-12-25-26(16-20)39-15-14-38-25/h6,8-9,11-12,16,19,24H,5,7,10,13-15,17-18H2,1-4H3,(H,31,35). The smallest absolute Gasteiger partial charge is 0.242 e. The van der Waals surface area contributed by atoms with Gasteiger partial charge >= 0.3 is 0 Å². The Morgan fingerprint density at radius 2 is 1.70 bits per heavy atom. The largest absolute Gasteiger partial charge is 0.486 e. The molecule has 0 aliphatic carbocycles. The van der Waals surface area contributed by atoms with E-state index in [1.54, 1.807) is 36.4 Å². The zero-order chi connectivity index (χ0) is 29.4. The highest BCUT2D eigenvalue weighted by Crippen LogP contribution is 2.35. The molecule has 2 aromatic carbocycles. The first-order valence-electron chi connectivity index (χ1n) is 13.3. The molecular formula is C28H37Cl2N3O6S. The molecule has 0 fully saturated rings. The van der Waals surface area contributed by atoms with Crippen molar-refractivity contribution >= 4 is 50.7 Å². The fourth-order valence-electron chi connectivity index (χ4n) is 4.39. The molecule has 2 aromatic rings. The first kappa shape index (κ1) is 31.8. The van der Waals surface area contributed by atoms with E-state index in [1.165, 1.54) is 9.21 Å². The van der Waals surface area contributed by atoms with Gasteiger partial charge < -0.3 is 19.7 Å². The first-order chi connectivity index (χ1) is 18.9. The van der Waals surface area contributed by atoms with Crippen molar-refractivity contribution in [2.45, 2.75) is 52.6 Å². The second-order valence-electron chi connectivity index (χ2n) is 10.1. The normalized spacial score (nSPS) is 13.6. The number of carbonyl (C=O) groups is 2. The van der Waals surface area contributed by atoms with Crippen LogP contribution in [0.4, 0.5) is 5.69 Å². The first-order valence-corrected chi connectivity index (χ1v) is 15.9. The monoisotopic (exact) mass is 613 g/mol. The third-order valence-corrected chi connectivity index (χ3v) is 8.33. The number of amides is 2. The van der Waals surface area contributed by atoms with Crippen LogP contribution in [0.25, 0.3) is 0 Å². The lowest BCUT2D eigenvalue weighted by Gasteiger charge is -2.32. The summed E-state index contributed by atoms with van der Waals surface area (Å²) in [4.78, 5) is 28.2. The topological polar surface area (TPSA) is 105 Å². The second kappa shape index (κ2) is 14.3. The van der Waals surface area contributed by atoms with E-state index in [2.05, 4.69) is 5.32 Å². The average Bonchev–Trinajstić information content (AvgIpc) is 2.90. The maximum absolute atomic E-state index is 13.6. The van der Waals surface area contributed by atoms with Crippen molar-refractivity contribution in [1.29, 1.82) is 0 Å². The van der Waals surface area contributed by atoms with Crippen LogP contribution < -0.4 is 19.1 Å². The number of fused-ring (bicyclic) bond motifs is 1. The Morgan fingerprint density at radius 3 is 2.30 bits per heavy atom. The van der Waals surface area contributed by atoms with Crippen molar-refractivity contribution in [3.63, 3.8) is 0 Å². The highest BCUT2D eigenvalue weighted by atomic mass is 35.5. The lowest BCUT2D eigenvalue weighted by atomic mass is 10.1. The molecule has 0 saturated carbocycles. The van der Waals surface area contributed by atoms with E-state index in [4.69, 9.17) is 32.7 Å². The minimum atomic E-state index is -3.66. The minimum Gasteiger partial charge on any atom is -0.486 e. The number of carbonyl (C=O) groups excluding carboxylic acids is 2. The van der Waals surface area contributed by atoms with Crippen LogP contribution in [-0.2, 0) is 26.2 Å². The van der Waals surface area contributed by atoms with Crippen molar-refractivity contribution in [3.8, 4) is 11.5 Å². The highest BCUT2D eigenvalue weighted by molar-refractivity contribution is 7.92. The molecule has 1 unspecified atom stereocenters. The van der Waals surface area contributed by atoms with Gasteiger partial charge in [-0.05, 0) is 43.0 Å². The summed E-state index contributed by atoms with van der Waals surface area (Å²) in [6, 6.07) is 9.27. The summed E-state index contributed by atoms with van der Waals surface area (Å²) >= 11 is 12.8. The Labute approximate surface area is 246 Å². The number of sulfonamides is 1. The average molecular weight is 615 g/mol. The quantitative estimate of drug-likeness (QED) is 0.345. The summed E-state index contributed by atoms with van der Waals surface area (Å²) in [5.74, 6) is 0.689. The van der Waals surface area contributed by atoms with Crippen LogP contribution >= 0.6 is 23.2 Å². The Kier molecular flexibility index (Phi) is 11.4. The number of nitrogens with zero attached hydrogens (tertiary/aromatic N) is 2. The van der Waals surface area contributed by atoms with Crippen molar-refractivity contribution in [3.05, 3.63) is 52.0 Å². The molecule has 1 aliphatic heterocycles. The van der Waals surface area contributed by atoms with Gasteiger partial charge in [0.15, 0.2) is 11.5 Å². The molecule has 1 aliphatic rings. The minimum absolute atomic E-state index is 0.00655. The molecule has 1 N–H and O–H groups in total. The summed E-state index contributed by atoms with van der Waals surface area (Å²) in [6.07, 6.45) is 1.72. The molecule has 0 spiro atoms. The maximum atomic E-state index is 13.6. The van der Waals surface area contributed by atoms with Gasteiger partial charge in [-0.1, -0.05) is 50.0 Å². The Hall–Kier alpha value is -2.69. The number of benzene rings is 2. The van der Waals surface area contributed by atoms with E-state index in [-0.39, 0.29) is 43.7 Å². The Bertz CT molecular complexity index is 1280. The van der Waals surface area contributed by atoms with Crippen LogP contribution in [0.5, 0.6) is 11.5 Å². The van der Waals surface area contributed by atoms with Crippen LogP contribution in [0.2, 0.25) is 10.0 Å². The van der Waals surface area contributed by atoms with E-state index in [1.807, 2.05) is 20.8 Å². The summed E-state index contributed by atoms with van der Waals surface area (Å²) in [5, 5.41) is 3.70. The van der Waals surface area contributed by atoms with Gasteiger partial charge in [0.2, 0.25) is 21.8 Å². The molecule has 9 nitrogen and oxygen atoms in total. The molecule has 0 aromatic heterocycles. The van der Waals surface area contributed by atoms with E-state index < -0.39 is 16.1 Å². The van der Waals surface area contributed by atoms with Crippen LogP contribution in [0.1, 0.15) is 45.6 Å². The number of hydrogen-bond donors (Lipinski definition) is 1. The van der Waals surface area contributed by atoms with Crippen molar-refractivity contribution < 1.29 is 27.5 Å². The molecule has 1 atom stereocenters. The molecule has 40 heavy (non-hydrogen) atoms. The van der Waals surface area contributed by atoms with E-state index in [0.717, 1.165) is 6.26 Å². The second-order valence-corrected chi connectivity index (χ2v) is 12.8. The number of rotatable bonds is 13. The number of halogens is 2. The van der Waals surface area contributed by atoms with Gasteiger partial charge in [-0.2, -0.15) is 0 Å². The Morgan fingerprint density at radius 1 is 1.05 bits per heavy atom. The van der Waals surface area contributed by atoms with Gasteiger partial charge in [-0.15, -0.1) is 0 Å². The van der Waals surface area contributed by atoms with Crippen molar-refractivity contribution in [2.24, 2.45) is 5.92 Å². The number of anilines is 1. The molecule has 0 bridgehead atoms. The molecule has 0 saturated heterocycles. The van der Waals surface area contributed by atoms with Gasteiger partial charge in [0, 0.05) is 47.7 Å². The molecule has 3 rings (SSSR count). The number of nitrogens with one attached hydrogen (secondary N) is 1. The van der Waals surface area contributed by atoms with E-state index in [9.17, 15) is 18.0 Å². The summed E-state index contributed by atoms with van der Waals surface area (Å²) < 4.78 is 37.7. The van der Waals surface area contributed by atoms with Gasteiger partial charge in [-0.3, -0.25) is 13.9 Å². The van der Waals surface area contributed by atoms with Crippen LogP contribution in [0.15, 0.2) is 36.4 Å². The third kappa shape index (κ3) is 8.41. The summed E-state index contributed by atoms with van der Waals surface area (Å²) in [6.45, 7) is 7.19. The van der Waals surface area contributed by atoms with Crippen molar-refractivity contribution in [2.75, 3.05) is 36.9 Å². The van der Waals surface area contributed by atoms with Crippen LogP contribution in [0.3, 0.4) is 0 Å². The zero-order valence-electron chi connectivity index (χ0n) is 23.3. The third-order valence-electron chi connectivity index (χ3n) is 6.43. The fourth-order valence-corrected chi connectivity index (χ4v) is 5.86. The lowest BCUT2D eigenvalue weighted by molar-refractivity contribution is -0.141. The number of hydrogen-bond acceptors (Lipinski definition) is 6. The van der Waals surface area contributed by atoms with Gasteiger partial charge in [-0.25, -0.2) is 8.42 Å². The SMILES string of the molecule is CCC(C(=O)NCC(C)C)N(Cc1c(Cl)cccc1Cl)C(=O)CCCN(c1ccc2c(c1)OCCO2)S(C)(=O)=O. The number of ether oxygens (including phenoxy) is 2. The summed E-state index contributed by atoms with van der Waals surface area (Å²) in [5.41, 5.74) is 0.960. The highest BCUT2D eigenvalue weighted by Gasteiger charge is 2.30. The molecular weight excluding hydrogens is 577 g/mol. The predicted octanol–water partition coefficient (Wildman–Crippen LogP) is 4.89. The van der Waals surface area contributed by atoms with E-state index >= 15 is 0 Å². The molecule has 12 heteroatoms. The van der Waals surface area contributed by atoms with Crippen LogP contribution in [0, 0.1) is 5.92 Å². The fraction of sp³-hybridized carbons (Fsp3) is 0.500. The lowest BCUT2D eigenvalue weighted by Crippen LogP contribution is -2.49. The van der Waals surface area contributed by atoms with E-state index in [0.29, 0.717) is 59.0 Å². The maximum Gasteiger partial charge on any atom is 0.242 e. The zero-order valence-corrected chi connectivity index (χ0v) is 25.6. The van der Waals surface area contributed by atoms with Gasteiger partial charge in [0.25, 0.3) is 0 Å². The van der Waals surface area contributed by atoms with Crippen LogP contribution in [-0.4, -0.2) is 63.7 Å².